The summed E-state index contributed by atoms with van der Waals surface area (Å²) in [6.07, 6.45) is 1.72. The molecule has 2 aromatic carbocycles. The first-order valence-electron chi connectivity index (χ1n) is 7.13. The molecule has 0 saturated carbocycles. The summed E-state index contributed by atoms with van der Waals surface area (Å²) in [7, 11) is 1.64. The number of H-pyrrole nitrogens is 1. The second-order valence-electron chi connectivity index (χ2n) is 5.35. The van der Waals surface area contributed by atoms with Crippen molar-refractivity contribution in [2.45, 2.75) is 6.92 Å². The number of methoxy groups -OCH3 is 1. The van der Waals surface area contributed by atoms with Crippen LogP contribution < -0.4 is 4.74 Å². The fourth-order valence-corrected chi connectivity index (χ4v) is 2.79. The van der Waals surface area contributed by atoms with Crippen LogP contribution in [0.15, 0.2) is 48.8 Å². The molecule has 22 heavy (non-hydrogen) atoms. The minimum atomic E-state index is 0.641. The Balaban J connectivity index is 1.91. The third-order valence-electron chi connectivity index (χ3n) is 3.92. The Morgan fingerprint density at radius 2 is 1.91 bits per heavy atom. The zero-order valence-electron chi connectivity index (χ0n) is 12.4. The molecule has 0 saturated heterocycles. The maximum atomic E-state index is 5.21. The third kappa shape index (κ3) is 2.00. The summed E-state index contributed by atoms with van der Waals surface area (Å²) in [4.78, 5) is 11.9. The Labute approximate surface area is 127 Å². The Hall–Kier alpha value is -2.88. The molecule has 0 bridgehead atoms. The van der Waals surface area contributed by atoms with Gasteiger partial charge in [0.15, 0.2) is 0 Å². The number of imidazole rings is 1. The van der Waals surface area contributed by atoms with Gasteiger partial charge in [0.25, 0.3) is 0 Å². The number of hydrogen-bond donors (Lipinski definition) is 1. The molecule has 2 heterocycles. The highest BCUT2D eigenvalue weighted by atomic mass is 16.5. The topological polar surface area (TPSA) is 50.8 Å². The van der Waals surface area contributed by atoms with E-state index in [1.54, 1.807) is 13.4 Å². The molecule has 0 radical (unpaired) electrons. The van der Waals surface area contributed by atoms with Gasteiger partial charge in [0, 0.05) is 11.5 Å². The van der Waals surface area contributed by atoms with Crippen molar-refractivity contribution in [3.63, 3.8) is 0 Å². The lowest BCUT2D eigenvalue weighted by Crippen LogP contribution is -1.91. The largest absolute Gasteiger partial charge is 0.481 e. The lowest BCUT2D eigenvalue weighted by atomic mass is 10.00. The minimum Gasteiger partial charge on any atom is -0.481 e. The van der Waals surface area contributed by atoms with E-state index < -0.39 is 0 Å². The Morgan fingerprint density at radius 3 is 2.77 bits per heavy atom. The van der Waals surface area contributed by atoms with Gasteiger partial charge in [-0.3, -0.25) is 0 Å². The van der Waals surface area contributed by atoms with Gasteiger partial charge in [-0.15, -0.1) is 0 Å². The third-order valence-corrected chi connectivity index (χ3v) is 3.92. The number of aromatic nitrogens is 3. The van der Waals surface area contributed by atoms with Crippen molar-refractivity contribution in [2.75, 3.05) is 7.11 Å². The Morgan fingerprint density at radius 1 is 1.00 bits per heavy atom. The van der Waals surface area contributed by atoms with Crippen LogP contribution in [-0.4, -0.2) is 22.1 Å². The first-order chi connectivity index (χ1) is 10.7. The molecule has 108 valence electrons. The first-order valence-corrected chi connectivity index (χ1v) is 7.13. The van der Waals surface area contributed by atoms with E-state index in [1.807, 2.05) is 18.2 Å². The van der Waals surface area contributed by atoms with Crippen molar-refractivity contribution in [3.05, 3.63) is 54.4 Å². The standard InChI is InChI=1S/C18H15N3O/c1-11-7-14(8-13-4-6-17(22-2)21-18(11)13)12-3-5-15-16(9-12)20-10-19-15/h3-10H,1-2H3,(H,19,20). The van der Waals surface area contributed by atoms with E-state index in [-0.39, 0.29) is 0 Å². The number of nitrogens with one attached hydrogen (secondary N) is 1. The number of fused-ring (bicyclic) bond motifs is 2. The van der Waals surface area contributed by atoms with Crippen LogP contribution in [0.25, 0.3) is 33.1 Å². The molecule has 0 aliphatic rings. The molecule has 4 rings (SSSR count). The second kappa shape index (κ2) is 4.84. The molecular formula is C18H15N3O. The maximum Gasteiger partial charge on any atom is 0.213 e. The summed E-state index contributed by atoms with van der Waals surface area (Å²) in [6.45, 7) is 2.08. The maximum absolute atomic E-state index is 5.21. The first kappa shape index (κ1) is 12.8. The predicted octanol–water partition coefficient (Wildman–Crippen LogP) is 4.10. The smallest absolute Gasteiger partial charge is 0.213 e. The molecule has 2 aromatic heterocycles. The predicted molar refractivity (Wildman–Crippen MR) is 88.1 cm³/mol. The van der Waals surface area contributed by atoms with Crippen molar-refractivity contribution in [3.8, 4) is 17.0 Å². The summed E-state index contributed by atoms with van der Waals surface area (Å²) in [5.74, 6) is 0.641. The second-order valence-corrected chi connectivity index (χ2v) is 5.35. The molecule has 0 fully saturated rings. The highest BCUT2D eigenvalue weighted by Gasteiger charge is 2.07. The highest BCUT2D eigenvalue weighted by molar-refractivity contribution is 5.89. The van der Waals surface area contributed by atoms with Crippen LogP contribution in [0.5, 0.6) is 5.88 Å². The van der Waals surface area contributed by atoms with E-state index in [0.29, 0.717) is 5.88 Å². The van der Waals surface area contributed by atoms with Crippen LogP contribution in [0.2, 0.25) is 0 Å². The van der Waals surface area contributed by atoms with Gasteiger partial charge in [-0.05, 0) is 53.9 Å². The molecule has 1 N–H and O–H groups in total. The number of hydrogen-bond acceptors (Lipinski definition) is 3. The van der Waals surface area contributed by atoms with Gasteiger partial charge in [-0.2, -0.15) is 0 Å². The van der Waals surface area contributed by atoms with Crippen LogP contribution in [0.1, 0.15) is 5.56 Å². The molecule has 0 spiro atoms. The molecule has 4 nitrogen and oxygen atoms in total. The van der Waals surface area contributed by atoms with E-state index in [9.17, 15) is 0 Å². The number of benzene rings is 2. The normalized spacial score (nSPS) is 11.2. The molecule has 0 aliphatic heterocycles. The SMILES string of the molecule is COc1ccc2cc(-c3ccc4nc[nH]c4c3)cc(C)c2n1. The van der Waals surface area contributed by atoms with Gasteiger partial charge >= 0.3 is 0 Å². The van der Waals surface area contributed by atoms with Gasteiger partial charge in [0.1, 0.15) is 0 Å². The van der Waals surface area contributed by atoms with E-state index in [0.717, 1.165) is 33.1 Å². The van der Waals surface area contributed by atoms with Crippen LogP contribution in [0.3, 0.4) is 0 Å². The number of nitrogens with zero attached hydrogens (tertiary/aromatic N) is 2. The van der Waals surface area contributed by atoms with Crippen molar-refractivity contribution < 1.29 is 4.74 Å². The van der Waals surface area contributed by atoms with Crippen molar-refractivity contribution in [1.29, 1.82) is 0 Å². The van der Waals surface area contributed by atoms with Crippen molar-refractivity contribution >= 4 is 21.9 Å². The van der Waals surface area contributed by atoms with E-state index >= 15 is 0 Å². The average molecular weight is 289 g/mol. The molecular weight excluding hydrogens is 274 g/mol. The Bertz CT molecular complexity index is 988. The zero-order chi connectivity index (χ0) is 15.1. The lowest BCUT2D eigenvalue weighted by Gasteiger charge is -2.08. The van der Waals surface area contributed by atoms with Crippen molar-refractivity contribution in [1.82, 2.24) is 15.0 Å². The van der Waals surface area contributed by atoms with Gasteiger partial charge in [0.05, 0.1) is 30.0 Å². The molecule has 4 heteroatoms. The van der Waals surface area contributed by atoms with Crippen LogP contribution in [0.4, 0.5) is 0 Å². The summed E-state index contributed by atoms with van der Waals surface area (Å²) in [5.41, 5.74) is 6.48. The number of pyridine rings is 1. The van der Waals surface area contributed by atoms with Gasteiger partial charge in [-0.25, -0.2) is 9.97 Å². The van der Waals surface area contributed by atoms with Crippen molar-refractivity contribution in [2.24, 2.45) is 0 Å². The van der Waals surface area contributed by atoms with Gasteiger partial charge in [0.2, 0.25) is 5.88 Å². The van der Waals surface area contributed by atoms with E-state index in [2.05, 4.69) is 46.1 Å². The number of aromatic amines is 1. The number of rotatable bonds is 2. The molecule has 0 aliphatic carbocycles. The van der Waals surface area contributed by atoms with E-state index in [4.69, 9.17) is 4.74 Å². The summed E-state index contributed by atoms with van der Waals surface area (Å²) in [5, 5.41) is 1.11. The molecule has 0 amide bonds. The monoisotopic (exact) mass is 289 g/mol. The number of ether oxygens (including phenoxy) is 1. The fraction of sp³-hybridized carbons (Fsp3) is 0.111. The lowest BCUT2D eigenvalue weighted by molar-refractivity contribution is 0.399. The van der Waals surface area contributed by atoms with E-state index in [1.165, 1.54) is 5.56 Å². The van der Waals surface area contributed by atoms with Gasteiger partial charge in [-0.1, -0.05) is 6.07 Å². The van der Waals surface area contributed by atoms with Gasteiger partial charge < -0.3 is 9.72 Å². The highest BCUT2D eigenvalue weighted by Crippen LogP contribution is 2.29. The molecule has 0 unspecified atom stereocenters. The van der Waals surface area contributed by atoms with Crippen LogP contribution in [-0.2, 0) is 0 Å². The summed E-state index contributed by atoms with van der Waals surface area (Å²) in [6, 6.07) is 14.5. The quantitative estimate of drug-likeness (QED) is 0.604. The molecule has 4 aromatic rings. The fourth-order valence-electron chi connectivity index (χ4n) is 2.79. The zero-order valence-corrected chi connectivity index (χ0v) is 12.4. The molecule has 0 atom stereocenters. The average Bonchev–Trinajstić information content (AvgIpc) is 3.02. The number of aryl methyl sites for hydroxylation is 1. The summed E-state index contributed by atoms with van der Waals surface area (Å²) >= 11 is 0. The summed E-state index contributed by atoms with van der Waals surface area (Å²) < 4.78 is 5.21. The Kier molecular flexibility index (Phi) is 2.82. The van der Waals surface area contributed by atoms with Crippen LogP contribution in [0, 0.1) is 6.92 Å². The van der Waals surface area contributed by atoms with Crippen LogP contribution >= 0.6 is 0 Å². The minimum absolute atomic E-state index is 0.641.